The Bertz CT molecular complexity index is 788. The molecule has 0 atom stereocenters. The average Bonchev–Trinajstić information content (AvgIpc) is 2.85. The van der Waals surface area contributed by atoms with E-state index >= 15 is 0 Å². The Labute approximate surface area is 160 Å². The van der Waals surface area contributed by atoms with Gasteiger partial charge in [-0.05, 0) is 24.1 Å². The van der Waals surface area contributed by atoms with E-state index in [2.05, 4.69) is 5.32 Å². The molecular formula is C18H18N2O4S2. The first-order valence-corrected chi connectivity index (χ1v) is 9.06. The van der Waals surface area contributed by atoms with E-state index in [0.29, 0.717) is 9.23 Å². The van der Waals surface area contributed by atoms with E-state index in [1.165, 1.54) is 16.7 Å². The molecule has 0 saturated carbocycles. The monoisotopic (exact) mass is 390 g/mol. The Morgan fingerprint density at radius 3 is 2.65 bits per heavy atom. The number of thioether (sulfide) groups is 1. The molecule has 2 N–H and O–H groups in total. The maximum atomic E-state index is 12.5. The van der Waals surface area contributed by atoms with Gasteiger partial charge in [-0.25, -0.2) is 0 Å². The van der Waals surface area contributed by atoms with Crippen molar-refractivity contribution in [1.82, 2.24) is 10.2 Å². The third-order valence-corrected chi connectivity index (χ3v) is 4.80. The highest BCUT2D eigenvalue weighted by molar-refractivity contribution is 8.26. The van der Waals surface area contributed by atoms with E-state index in [-0.39, 0.29) is 18.9 Å². The normalized spacial score (nSPS) is 16.3. The van der Waals surface area contributed by atoms with Crippen LogP contribution in [0.4, 0.5) is 0 Å². The summed E-state index contributed by atoms with van der Waals surface area (Å²) in [5.41, 5.74) is 1.95. The molecule has 0 unspecified atom stereocenters. The molecule has 0 spiro atoms. The fourth-order valence-corrected chi connectivity index (χ4v) is 3.59. The van der Waals surface area contributed by atoms with Crippen molar-refractivity contribution in [2.45, 2.75) is 13.3 Å². The predicted octanol–water partition coefficient (Wildman–Crippen LogP) is 2.42. The van der Waals surface area contributed by atoms with Crippen LogP contribution in [0.1, 0.15) is 18.9 Å². The summed E-state index contributed by atoms with van der Waals surface area (Å²) in [4.78, 5) is 36.4. The van der Waals surface area contributed by atoms with Gasteiger partial charge >= 0.3 is 5.97 Å². The summed E-state index contributed by atoms with van der Waals surface area (Å²) >= 11 is 6.41. The molecule has 1 saturated heterocycles. The second kappa shape index (κ2) is 9.30. The molecule has 0 radical (unpaired) electrons. The molecule has 0 aliphatic carbocycles. The Balaban J connectivity index is 1.98. The van der Waals surface area contributed by atoms with Crippen molar-refractivity contribution in [2.75, 3.05) is 13.1 Å². The number of rotatable bonds is 7. The van der Waals surface area contributed by atoms with Gasteiger partial charge in [0.2, 0.25) is 5.91 Å². The van der Waals surface area contributed by atoms with E-state index in [0.717, 1.165) is 11.1 Å². The summed E-state index contributed by atoms with van der Waals surface area (Å²) in [6.45, 7) is 1.58. The van der Waals surface area contributed by atoms with Crippen molar-refractivity contribution in [2.24, 2.45) is 0 Å². The van der Waals surface area contributed by atoms with Crippen LogP contribution in [0.2, 0.25) is 0 Å². The molecule has 8 heteroatoms. The van der Waals surface area contributed by atoms with Gasteiger partial charge in [-0.2, -0.15) is 0 Å². The van der Waals surface area contributed by atoms with Crippen molar-refractivity contribution >= 4 is 52.2 Å². The lowest BCUT2D eigenvalue weighted by Gasteiger charge is -2.13. The number of benzene rings is 1. The number of aliphatic carboxylic acids is 1. The molecule has 1 heterocycles. The highest BCUT2D eigenvalue weighted by Crippen LogP contribution is 2.32. The van der Waals surface area contributed by atoms with Crippen LogP contribution in [0.15, 0.2) is 46.9 Å². The number of amides is 2. The van der Waals surface area contributed by atoms with Crippen molar-refractivity contribution in [3.63, 3.8) is 0 Å². The molecule has 136 valence electrons. The number of carbonyl (C=O) groups is 3. The van der Waals surface area contributed by atoms with Gasteiger partial charge in [-0.15, -0.1) is 0 Å². The lowest BCUT2D eigenvalue weighted by molar-refractivity contribution is -0.138. The van der Waals surface area contributed by atoms with E-state index in [9.17, 15) is 14.4 Å². The van der Waals surface area contributed by atoms with Crippen LogP contribution in [-0.4, -0.2) is 45.2 Å². The minimum absolute atomic E-state index is 0.00810. The minimum atomic E-state index is -1.12. The zero-order chi connectivity index (χ0) is 19.1. The highest BCUT2D eigenvalue weighted by atomic mass is 32.2. The van der Waals surface area contributed by atoms with Crippen LogP contribution in [-0.2, 0) is 14.4 Å². The molecule has 1 fully saturated rings. The molecular weight excluding hydrogens is 372 g/mol. The number of hydrogen-bond donors (Lipinski definition) is 2. The van der Waals surface area contributed by atoms with Gasteiger partial charge in [0.1, 0.15) is 10.9 Å². The van der Waals surface area contributed by atoms with Gasteiger partial charge in [0, 0.05) is 13.0 Å². The standard InChI is InChI=1S/C18H18N2O4S2/c1-12(9-13-5-3-2-4-6-13)10-14-17(24)20(18(25)26-14)8-7-15(21)19-11-16(22)23/h2-6,9-10H,7-8,11H2,1H3,(H,19,21)(H,22,23)/b12-9-,14-10+. The summed E-state index contributed by atoms with van der Waals surface area (Å²) in [6.07, 6.45) is 3.73. The predicted molar refractivity (Wildman–Crippen MR) is 105 cm³/mol. The van der Waals surface area contributed by atoms with Gasteiger partial charge in [-0.1, -0.05) is 60.4 Å². The Hall–Kier alpha value is -2.45. The molecule has 6 nitrogen and oxygen atoms in total. The second-order valence-corrected chi connectivity index (χ2v) is 7.23. The molecule has 1 aromatic rings. The molecule has 1 aliphatic heterocycles. The van der Waals surface area contributed by atoms with Crippen LogP contribution >= 0.6 is 24.0 Å². The number of nitrogens with one attached hydrogen (secondary N) is 1. The molecule has 0 aromatic heterocycles. The summed E-state index contributed by atoms with van der Waals surface area (Å²) in [7, 11) is 0. The fraction of sp³-hybridized carbons (Fsp3) is 0.222. The van der Waals surface area contributed by atoms with Gasteiger partial charge in [-0.3, -0.25) is 19.3 Å². The summed E-state index contributed by atoms with van der Waals surface area (Å²) in [6, 6.07) is 9.75. The molecule has 2 amide bonds. The Morgan fingerprint density at radius 2 is 2.00 bits per heavy atom. The first-order valence-electron chi connectivity index (χ1n) is 7.84. The average molecular weight is 390 g/mol. The van der Waals surface area contributed by atoms with Gasteiger partial charge in [0.05, 0.1) is 4.91 Å². The summed E-state index contributed by atoms with van der Waals surface area (Å²) in [5.74, 6) is -1.80. The molecule has 26 heavy (non-hydrogen) atoms. The third kappa shape index (κ3) is 5.82. The quantitative estimate of drug-likeness (QED) is 0.549. The number of carboxylic acid groups (broad SMARTS) is 1. The van der Waals surface area contributed by atoms with Crippen molar-refractivity contribution in [1.29, 1.82) is 0 Å². The summed E-state index contributed by atoms with van der Waals surface area (Å²) in [5, 5.41) is 10.8. The maximum Gasteiger partial charge on any atom is 0.322 e. The topological polar surface area (TPSA) is 86.7 Å². The Morgan fingerprint density at radius 1 is 1.31 bits per heavy atom. The fourth-order valence-electron chi connectivity index (χ4n) is 2.23. The molecule has 1 aromatic carbocycles. The van der Waals surface area contributed by atoms with E-state index in [4.69, 9.17) is 17.3 Å². The number of hydrogen-bond acceptors (Lipinski definition) is 5. The first kappa shape index (κ1) is 19.9. The zero-order valence-corrected chi connectivity index (χ0v) is 15.7. The minimum Gasteiger partial charge on any atom is -0.480 e. The third-order valence-electron chi connectivity index (χ3n) is 3.43. The molecule has 2 rings (SSSR count). The Kier molecular flexibility index (Phi) is 7.11. The van der Waals surface area contributed by atoms with E-state index < -0.39 is 18.4 Å². The van der Waals surface area contributed by atoms with Gasteiger partial charge in [0.15, 0.2) is 0 Å². The van der Waals surface area contributed by atoms with Crippen LogP contribution in [0.3, 0.4) is 0 Å². The van der Waals surface area contributed by atoms with Crippen molar-refractivity contribution in [3.05, 3.63) is 52.4 Å². The van der Waals surface area contributed by atoms with Crippen LogP contribution in [0, 0.1) is 0 Å². The second-order valence-electron chi connectivity index (χ2n) is 5.55. The SMILES string of the molecule is CC(=C/c1ccccc1)/C=C1/SC(=S)N(CCC(=O)NCC(=O)O)C1=O. The lowest BCUT2D eigenvalue weighted by atomic mass is 10.1. The van der Waals surface area contributed by atoms with Crippen molar-refractivity contribution in [3.8, 4) is 0 Å². The van der Waals surface area contributed by atoms with Crippen molar-refractivity contribution < 1.29 is 19.5 Å². The van der Waals surface area contributed by atoms with E-state index in [1.807, 2.05) is 43.3 Å². The first-order chi connectivity index (χ1) is 12.4. The number of thiocarbonyl (C=S) groups is 1. The van der Waals surface area contributed by atoms with Crippen LogP contribution in [0.25, 0.3) is 6.08 Å². The zero-order valence-electron chi connectivity index (χ0n) is 14.1. The van der Waals surface area contributed by atoms with Gasteiger partial charge < -0.3 is 10.4 Å². The number of allylic oxidation sites excluding steroid dienone is 2. The summed E-state index contributed by atoms with van der Waals surface area (Å²) < 4.78 is 0.389. The largest absolute Gasteiger partial charge is 0.480 e. The number of carbonyl (C=O) groups excluding carboxylic acids is 2. The van der Waals surface area contributed by atoms with E-state index in [1.54, 1.807) is 6.08 Å². The van der Waals surface area contributed by atoms with Gasteiger partial charge in [0.25, 0.3) is 5.91 Å². The highest BCUT2D eigenvalue weighted by Gasteiger charge is 2.32. The number of nitrogens with zero attached hydrogens (tertiary/aromatic N) is 1. The molecule has 0 bridgehead atoms. The van der Waals surface area contributed by atoms with Crippen LogP contribution in [0.5, 0.6) is 0 Å². The number of carboxylic acids is 1. The lowest BCUT2D eigenvalue weighted by Crippen LogP contribution is -2.35. The van der Waals surface area contributed by atoms with Crippen LogP contribution < -0.4 is 5.32 Å². The maximum absolute atomic E-state index is 12.5. The smallest absolute Gasteiger partial charge is 0.322 e. The molecule has 1 aliphatic rings.